The maximum Gasteiger partial charge on any atom is 0.240 e. The molecular formula is C13H9Cl4NO2S. The minimum atomic E-state index is -3.72. The fourth-order valence-corrected chi connectivity index (χ4v) is 3.66. The lowest BCUT2D eigenvalue weighted by Gasteiger charge is -2.08. The first-order chi connectivity index (χ1) is 9.78. The van der Waals surface area contributed by atoms with Crippen LogP contribution in [0.3, 0.4) is 0 Å². The maximum atomic E-state index is 12.2. The zero-order valence-electron chi connectivity index (χ0n) is 10.4. The molecule has 0 aliphatic carbocycles. The van der Waals surface area contributed by atoms with E-state index >= 15 is 0 Å². The van der Waals surface area contributed by atoms with Gasteiger partial charge in [0, 0.05) is 16.6 Å². The van der Waals surface area contributed by atoms with Gasteiger partial charge in [-0.1, -0.05) is 52.5 Å². The fourth-order valence-electron chi connectivity index (χ4n) is 1.59. The van der Waals surface area contributed by atoms with Crippen LogP contribution >= 0.6 is 46.4 Å². The van der Waals surface area contributed by atoms with E-state index in [1.807, 2.05) is 0 Å². The molecule has 2 aromatic rings. The van der Waals surface area contributed by atoms with Crippen LogP contribution in [0.4, 0.5) is 0 Å². The quantitative estimate of drug-likeness (QED) is 0.824. The summed E-state index contributed by atoms with van der Waals surface area (Å²) in [5, 5.41) is 1.26. The molecule has 0 fully saturated rings. The lowest BCUT2D eigenvalue weighted by atomic mass is 10.2. The number of hydrogen-bond donors (Lipinski definition) is 1. The predicted molar refractivity (Wildman–Crippen MR) is 86.9 cm³/mol. The minimum absolute atomic E-state index is 0.0000560. The van der Waals surface area contributed by atoms with Crippen LogP contribution < -0.4 is 4.72 Å². The molecule has 0 amide bonds. The van der Waals surface area contributed by atoms with E-state index in [0.29, 0.717) is 15.6 Å². The van der Waals surface area contributed by atoms with Crippen LogP contribution in [0.2, 0.25) is 20.1 Å². The number of sulfonamides is 1. The third-order valence-corrected chi connectivity index (χ3v) is 5.15. The molecule has 2 aromatic carbocycles. The van der Waals surface area contributed by atoms with Crippen molar-refractivity contribution in [3.05, 3.63) is 62.1 Å². The summed E-state index contributed by atoms with van der Waals surface area (Å²) in [4.78, 5) is 0.0000560. The lowest BCUT2D eigenvalue weighted by molar-refractivity contribution is 0.581. The smallest absolute Gasteiger partial charge is 0.207 e. The van der Waals surface area contributed by atoms with Crippen molar-refractivity contribution in [3.63, 3.8) is 0 Å². The van der Waals surface area contributed by atoms with Crippen molar-refractivity contribution in [2.24, 2.45) is 0 Å². The SMILES string of the molecule is O=S(=O)(NCc1ccc(Cl)c(Cl)c1)c1cc(Cl)cc(Cl)c1. The predicted octanol–water partition coefficient (Wildman–Crippen LogP) is 4.78. The van der Waals surface area contributed by atoms with E-state index in [4.69, 9.17) is 46.4 Å². The van der Waals surface area contributed by atoms with E-state index in [-0.39, 0.29) is 21.5 Å². The minimum Gasteiger partial charge on any atom is -0.207 e. The van der Waals surface area contributed by atoms with Gasteiger partial charge in [-0.15, -0.1) is 0 Å². The number of nitrogens with one attached hydrogen (secondary N) is 1. The summed E-state index contributed by atoms with van der Waals surface area (Å²) in [5.74, 6) is 0. The molecule has 2 rings (SSSR count). The number of rotatable bonds is 4. The third-order valence-electron chi connectivity index (χ3n) is 2.60. The van der Waals surface area contributed by atoms with Gasteiger partial charge in [0.1, 0.15) is 0 Å². The van der Waals surface area contributed by atoms with Crippen molar-refractivity contribution in [1.29, 1.82) is 0 Å². The molecule has 21 heavy (non-hydrogen) atoms. The van der Waals surface area contributed by atoms with Crippen LogP contribution in [0.5, 0.6) is 0 Å². The van der Waals surface area contributed by atoms with E-state index < -0.39 is 10.0 Å². The van der Waals surface area contributed by atoms with Gasteiger partial charge in [0.25, 0.3) is 0 Å². The average Bonchev–Trinajstić information content (AvgIpc) is 2.39. The summed E-state index contributed by atoms with van der Waals surface area (Å²) in [5.41, 5.74) is 0.682. The van der Waals surface area contributed by atoms with Gasteiger partial charge in [0.2, 0.25) is 10.0 Å². The fraction of sp³-hybridized carbons (Fsp3) is 0.0769. The first-order valence-electron chi connectivity index (χ1n) is 5.67. The van der Waals surface area contributed by atoms with Gasteiger partial charge in [-0.25, -0.2) is 13.1 Å². The largest absolute Gasteiger partial charge is 0.240 e. The second kappa shape index (κ2) is 6.73. The Bertz CT molecular complexity index is 757. The van der Waals surface area contributed by atoms with Crippen molar-refractivity contribution in [2.75, 3.05) is 0 Å². The van der Waals surface area contributed by atoms with Crippen LogP contribution in [-0.4, -0.2) is 8.42 Å². The van der Waals surface area contributed by atoms with Crippen LogP contribution in [0.25, 0.3) is 0 Å². The van der Waals surface area contributed by atoms with Crippen LogP contribution in [0.1, 0.15) is 5.56 Å². The van der Waals surface area contributed by atoms with Crippen molar-refractivity contribution in [3.8, 4) is 0 Å². The van der Waals surface area contributed by atoms with E-state index in [0.717, 1.165) is 0 Å². The Labute approximate surface area is 142 Å². The molecule has 0 aliphatic rings. The zero-order chi connectivity index (χ0) is 15.6. The molecule has 0 aromatic heterocycles. The van der Waals surface area contributed by atoms with Gasteiger partial charge < -0.3 is 0 Å². The van der Waals surface area contributed by atoms with E-state index in [2.05, 4.69) is 4.72 Å². The number of halogens is 4. The first kappa shape index (κ1) is 16.9. The van der Waals surface area contributed by atoms with E-state index in [1.165, 1.54) is 18.2 Å². The molecule has 0 heterocycles. The normalized spacial score (nSPS) is 11.6. The Morgan fingerprint density at radius 2 is 1.48 bits per heavy atom. The molecule has 0 bridgehead atoms. The van der Waals surface area contributed by atoms with Crippen molar-refractivity contribution in [2.45, 2.75) is 11.4 Å². The molecule has 0 saturated carbocycles. The van der Waals surface area contributed by atoms with Crippen LogP contribution in [0.15, 0.2) is 41.3 Å². The van der Waals surface area contributed by atoms with Crippen LogP contribution in [0, 0.1) is 0 Å². The highest BCUT2D eigenvalue weighted by molar-refractivity contribution is 7.89. The molecule has 3 nitrogen and oxygen atoms in total. The van der Waals surface area contributed by atoms with Gasteiger partial charge >= 0.3 is 0 Å². The van der Waals surface area contributed by atoms with Gasteiger partial charge in [0.05, 0.1) is 14.9 Å². The maximum absolute atomic E-state index is 12.2. The highest BCUT2D eigenvalue weighted by atomic mass is 35.5. The Morgan fingerprint density at radius 1 is 0.857 bits per heavy atom. The third kappa shape index (κ3) is 4.49. The summed E-state index contributed by atoms with van der Waals surface area (Å²) in [6.07, 6.45) is 0. The Balaban J connectivity index is 2.19. The Kier molecular flexibility index (Phi) is 5.41. The molecule has 0 radical (unpaired) electrons. The monoisotopic (exact) mass is 383 g/mol. The second-order valence-corrected chi connectivity index (χ2v) is 7.63. The molecule has 1 N–H and O–H groups in total. The summed E-state index contributed by atoms with van der Waals surface area (Å²) in [7, 11) is -3.72. The first-order valence-corrected chi connectivity index (χ1v) is 8.67. The molecule has 0 unspecified atom stereocenters. The summed E-state index contributed by atoms with van der Waals surface area (Å²) in [6.45, 7) is 0.0728. The second-order valence-electron chi connectivity index (χ2n) is 4.18. The lowest BCUT2D eigenvalue weighted by Crippen LogP contribution is -2.23. The Hall–Kier alpha value is -0.490. The molecule has 0 atom stereocenters. The summed E-state index contributed by atoms with van der Waals surface area (Å²) in [6, 6.07) is 8.99. The molecule has 0 aliphatic heterocycles. The number of hydrogen-bond acceptors (Lipinski definition) is 2. The van der Waals surface area contributed by atoms with Crippen molar-refractivity contribution < 1.29 is 8.42 Å². The molecular weight excluding hydrogens is 376 g/mol. The Morgan fingerprint density at radius 3 is 2.05 bits per heavy atom. The molecule has 112 valence electrons. The summed E-state index contributed by atoms with van der Waals surface area (Å²) < 4.78 is 26.8. The van der Waals surface area contributed by atoms with Crippen molar-refractivity contribution >= 4 is 56.4 Å². The van der Waals surface area contributed by atoms with Gasteiger partial charge in [0.15, 0.2) is 0 Å². The number of benzene rings is 2. The van der Waals surface area contributed by atoms with E-state index in [9.17, 15) is 8.42 Å². The molecule has 0 saturated heterocycles. The molecule has 0 spiro atoms. The molecule has 8 heteroatoms. The van der Waals surface area contributed by atoms with Gasteiger partial charge in [-0.2, -0.15) is 0 Å². The van der Waals surface area contributed by atoms with Gasteiger partial charge in [-0.3, -0.25) is 0 Å². The zero-order valence-corrected chi connectivity index (χ0v) is 14.2. The highest BCUT2D eigenvalue weighted by Gasteiger charge is 2.15. The topological polar surface area (TPSA) is 46.2 Å². The van der Waals surface area contributed by atoms with Gasteiger partial charge in [-0.05, 0) is 35.9 Å². The standard InChI is InChI=1S/C13H9Cl4NO2S/c14-9-4-10(15)6-11(5-9)21(19,20)18-7-8-1-2-12(16)13(17)3-8/h1-6,18H,7H2. The highest BCUT2D eigenvalue weighted by Crippen LogP contribution is 2.24. The van der Waals surface area contributed by atoms with Crippen LogP contribution in [-0.2, 0) is 16.6 Å². The van der Waals surface area contributed by atoms with Crippen molar-refractivity contribution in [1.82, 2.24) is 4.72 Å². The summed E-state index contributed by atoms with van der Waals surface area (Å²) >= 11 is 23.3. The van der Waals surface area contributed by atoms with E-state index in [1.54, 1.807) is 18.2 Å². The average molecular weight is 385 g/mol.